The minimum atomic E-state index is 0. The normalized spacial score (nSPS) is 33.4. The van der Waals surface area contributed by atoms with Gasteiger partial charge in [-0.05, 0) is 116 Å². The van der Waals surface area contributed by atoms with Crippen LogP contribution in [0.4, 0.5) is 0 Å². The lowest BCUT2D eigenvalue weighted by atomic mass is 9.47. The summed E-state index contributed by atoms with van der Waals surface area (Å²) in [6, 6.07) is 7.93. The van der Waals surface area contributed by atoms with Gasteiger partial charge in [-0.3, -0.25) is 4.79 Å². The van der Waals surface area contributed by atoms with Gasteiger partial charge in [-0.15, -0.1) is 0 Å². The average Bonchev–Trinajstić information content (AvgIpc) is 3.60. The predicted molar refractivity (Wildman–Crippen MR) is 174 cm³/mol. The van der Waals surface area contributed by atoms with Gasteiger partial charge in [0, 0.05) is 12.0 Å². The highest BCUT2D eigenvalue weighted by molar-refractivity contribution is 5.95. The minimum absolute atomic E-state index is 0. The van der Waals surface area contributed by atoms with Gasteiger partial charge < -0.3 is 21.7 Å². The second-order valence-corrected chi connectivity index (χ2v) is 15.9. The number of carbonyl (C=O) groups excluding carboxylic acids is 1. The van der Waals surface area contributed by atoms with Crippen LogP contribution in [-0.2, 0) is 6.54 Å². The van der Waals surface area contributed by atoms with E-state index in [1.165, 1.54) is 64.2 Å². The van der Waals surface area contributed by atoms with Crippen molar-refractivity contribution < 1.29 is 31.1 Å². The van der Waals surface area contributed by atoms with Crippen molar-refractivity contribution in [2.24, 2.45) is 46.3 Å². The molecular weight excluding hydrogens is 608 g/mol. The molecule has 1 heterocycles. The van der Waals surface area contributed by atoms with E-state index in [1.54, 1.807) is 12.7 Å². The molecule has 4 aliphatic rings. The first-order chi connectivity index (χ1) is 20.6. The molecule has 3 fully saturated rings. The van der Waals surface area contributed by atoms with Crippen LogP contribution in [0.5, 0.6) is 5.75 Å². The van der Waals surface area contributed by atoms with Crippen molar-refractivity contribution in [1.82, 2.24) is 4.57 Å². The van der Waals surface area contributed by atoms with Crippen LogP contribution >= 0.6 is 0 Å². The number of benzene rings is 1. The minimum Gasteiger partial charge on any atom is -1.00 e. The summed E-state index contributed by atoms with van der Waals surface area (Å²) in [5.41, 5.74) is 3.39. The topological polar surface area (TPSA) is 35.1 Å². The van der Waals surface area contributed by atoms with E-state index in [0.717, 1.165) is 53.2 Å². The van der Waals surface area contributed by atoms with Crippen LogP contribution in [0.1, 0.15) is 122 Å². The number of imidazole rings is 1. The first-order valence-corrected chi connectivity index (χ1v) is 17.6. The maximum atomic E-state index is 12.9. The summed E-state index contributed by atoms with van der Waals surface area (Å²) in [5.74, 6) is 6.21. The molecule has 0 saturated heterocycles. The number of ketones is 1. The summed E-state index contributed by atoms with van der Waals surface area (Å²) >= 11 is 0. The number of hydrogen-bond acceptors (Lipinski definition) is 2. The maximum Gasteiger partial charge on any atom is 0.244 e. The Labute approximate surface area is 277 Å². The molecule has 1 aromatic carbocycles. The van der Waals surface area contributed by atoms with Gasteiger partial charge in [-0.1, -0.05) is 65.5 Å². The Hall–Kier alpha value is -1.88. The Kier molecular flexibility index (Phi) is 10.2. The number of fused-ring (bicyclic) bond motifs is 5. The molecule has 5 heteroatoms. The number of halogens is 1. The molecule has 6 rings (SSSR count). The van der Waals surface area contributed by atoms with Crippen molar-refractivity contribution in [2.45, 2.75) is 118 Å². The monoisotopic (exact) mass is 664 g/mol. The number of hydrogen-bond donors (Lipinski definition) is 0. The largest absolute Gasteiger partial charge is 1.00 e. The van der Waals surface area contributed by atoms with Crippen LogP contribution in [0.25, 0.3) is 0 Å². The molecule has 4 nitrogen and oxygen atoms in total. The molecule has 2 aromatic rings. The zero-order valence-corrected chi connectivity index (χ0v) is 29.8. The van der Waals surface area contributed by atoms with Gasteiger partial charge in [0.1, 0.15) is 24.2 Å². The highest BCUT2D eigenvalue weighted by Gasteiger charge is 2.59. The molecule has 0 spiro atoms. The van der Waals surface area contributed by atoms with Crippen LogP contribution in [-0.4, -0.2) is 17.5 Å². The number of methoxy groups -OCH3 is 1. The van der Waals surface area contributed by atoms with Gasteiger partial charge in [-0.25, -0.2) is 9.13 Å². The molecule has 0 bridgehead atoms. The number of aromatic nitrogens is 2. The first-order valence-electron chi connectivity index (χ1n) is 17.6. The number of allylic oxidation sites excluding steroid dienone is 2. The van der Waals surface area contributed by atoms with E-state index in [9.17, 15) is 4.79 Å². The van der Waals surface area contributed by atoms with Crippen LogP contribution in [0.15, 0.2) is 54.6 Å². The van der Waals surface area contributed by atoms with Gasteiger partial charge in [0.05, 0.1) is 7.11 Å². The van der Waals surface area contributed by atoms with Crippen molar-refractivity contribution in [3.8, 4) is 5.75 Å². The third kappa shape index (κ3) is 6.25. The fourth-order valence-corrected chi connectivity index (χ4v) is 10.7. The summed E-state index contributed by atoms with van der Waals surface area (Å²) < 4.78 is 9.67. The second-order valence-electron chi connectivity index (χ2n) is 15.9. The third-order valence-electron chi connectivity index (χ3n) is 13.2. The molecule has 0 amide bonds. The Bertz CT molecular complexity index is 1310. The van der Waals surface area contributed by atoms with E-state index in [0.29, 0.717) is 23.4 Å². The lowest BCUT2D eigenvalue weighted by Crippen LogP contribution is -3.00. The molecule has 242 valence electrons. The Morgan fingerprint density at radius 3 is 2.52 bits per heavy atom. The fraction of sp³-hybridized carbons (Fsp3) is 0.692. The zero-order valence-electron chi connectivity index (χ0n) is 28.2. The number of Topliss-reactive ketones (excluding diaryl/α,β-unsaturated/α-hetero) is 1. The SMILES string of the molecule is COc1ccc(C(=O)C[n+]2ccn([C@@H]3CC[C@@]4(C)C(=CC[C@H]5[C@@H]6CC[C@H]([C@H](C)CCCC(C)C)[C@@]6(C)CC[C@@H]54)C3)c2)cc1.[Br-]. The van der Waals surface area contributed by atoms with Crippen molar-refractivity contribution >= 4 is 5.78 Å². The van der Waals surface area contributed by atoms with E-state index in [-0.39, 0.29) is 22.8 Å². The molecule has 0 N–H and O–H groups in total. The van der Waals surface area contributed by atoms with Gasteiger partial charge in [0.25, 0.3) is 0 Å². The van der Waals surface area contributed by atoms with Crippen LogP contribution in [0.2, 0.25) is 0 Å². The van der Waals surface area contributed by atoms with Gasteiger partial charge in [0.2, 0.25) is 12.1 Å². The second kappa shape index (κ2) is 13.5. The van der Waals surface area contributed by atoms with Gasteiger partial charge in [0.15, 0.2) is 6.54 Å². The van der Waals surface area contributed by atoms with E-state index < -0.39 is 0 Å². The van der Waals surface area contributed by atoms with Crippen LogP contribution in [0.3, 0.4) is 0 Å². The van der Waals surface area contributed by atoms with Crippen molar-refractivity contribution in [1.29, 1.82) is 0 Å². The summed E-state index contributed by atoms with van der Waals surface area (Å²) in [7, 11) is 1.65. The summed E-state index contributed by atoms with van der Waals surface area (Å²) in [6.45, 7) is 13.1. The summed E-state index contributed by atoms with van der Waals surface area (Å²) in [5, 5.41) is 0. The van der Waals surface area contributed by atoms with Crippen LogP contribution < -0.4 is 26.3 Å². The van der Waals surface area contributed by atoms with Gasteiger partial charge >= 0.3 is 0 Å². The fourth-order valence-electron chi connectivity index (χ4n) is 10.7. The van der Waals surface area contributed by atoms with E-state index >= 15 is 0 Å². The van der Waals surface area contributed by atoms with E-state index in [1.807, 2.05) is 28.8 Å². The molecular formula is C39H57BrN2O2. The highest BCUT2D eigenvalue weighted by atomic mass is 79.9. The number of nitrogens with zero attached hydrogens (tertiary/aromatic N) is 2. The molecule has 44 heavy (non-hydrogen) atoms. The molecule has 3 saturated carbocycles. The van der Waals surface area contributed by atoms with E-state index in [4.69, 9.17) is 4.74 Å². The summed E-state index contributed by atoms with van der Waals surface area (Å²) in [6.07, 6.45) is 24.2. The number of carbonyl (C=O) groups is 1. The smallest absolute Gasteiger partial charge is 0.244 e. The van der Waals surface area contributed by atoms with Crippen molar-refractivity contribution in [2.75, 3.05) is 7.11 Å². The Morgan fingerprint density at radius 2 is 1.80 bits per heavy atom. The lowest BCUT2D eigenvalue weighted by molar-refractivity contribution is -0.682. The van der Waals surface area contributed by atoms with Gasteiger partial charge in [-0.2, -0.15) is 0 Å². The Morgan fingerprint density at radius 1 is 1.02 bits per heavy atom. The maximum absolute atomic E-state index is 12.9. The standard InChI is InChI=1S/C39H57N2O2.BrH/c1-27(2)8-7-9-28(3)34-16-17-35-33-15-12-30-24-31(18-20-38(30,4)36(33)19-21-39(34,35)5)41-23-22-40(26-41)25-37(42)29-10-13-32(43-6)14-11-29;/h10-14,22-23,26-28,31,33-36H,7-9,15-21,24-25H2,1-6H3;1H/q+1;/p-1/t28-,31-,33+,34-,35+,36+,38+,39-;/m1./s1. The highest BCUT2D eigenvalue weighted by Crippen LogP contribution is 2.67. The van der Waals surface area contributed by atoms with E-state index in [2.05, 4.69) is 64.0 Å². The molecule has 8 atom stereocenters. The molecule has 1 aromatic heterocycles. The average molecular weight is 666 g/mol. The third-order valence-corrected chi connectivity index (χ3v) is 13.2. The van der Waals surface area contributed by atoms with Crippen molar-refractivity contribution in [3.05, 3.63) is 60.2 Å². The molecule has 0 aliphatic heterocycles. The molecule has 0 unspecified atom stereocenters. The molecule has 4 aliphatic carbocycles. The zero-order chi connectivity index (χ0) is 30.4. The lowest BCUT2D eigenvalue weighted by Gasteiger charge is -2.58. The predicted octanol–water partition coefficient (Wildman–Crippen LogP) is 6.25. The Balaban J connectivity index is 0.00000384. The van der Waals surface area contributed by atoms with Crippen LogP contribution in [0, 0.1) is 46.3 Å². The number of ether oxygens (including phenoxy) is 1. The number of rotatable bonds is 10. The van der Waals surface area contributed by atoms with Crippen molar-refractivity contribution in [3.63, 3.8) is 0 Å². The first kappa shape index (κ1) is 33.5. The summed E-state index contributed by atoms with van der Waals surface area (Å²) in [4.78, 5) is 12.9. The molecule has 0 radical (unpaired) electrons. The quantitative estimate of drug-likeness (QED) is 0.171.